The summed E-state index contributed by atoms with van der Waals surface area (Å²) in [5.41, 5.74) is 0. The van der Waals surface area contributed by atoms with E-state index in [2.05, 4.69) is 12.6 Å². The van der Waals surface area contributed by atoms with Gasteiger partial charge in [0.05, 0.1) is 4.75 Å². The molecular formula is C11H19NO3S2. The number of hydrogen-bond acceptors (Lipinski definition) is 4. The topological polar surface area (TPSA) is 57.6 Å². The van der Waals surface area contributed by atoms with Gasteiger partial charge in [-0.25, -0.2) is 0 Å². The molecule has 17 heavy (non-hydrogen) atoms. The van der Waals surface area contributed by atoms with Crippen molar-refractivity contribution in [2.75, 3.05) is 18.1 Å². The first-order valence-corrected chi connectivity index (χ1v) is 7.25. The third kappa shape index (κ3) is 4.43. The highest BCUT2D eigenvalue weighted by Gasteiger charge is 2.34. The Bertz CT molecular complexity index is 296. The molecule has 0 aliphatic carbocycles. The molecule has 1 amide bonds. The molecule has 0 bridgehead atoms. The van der Waals surface area contributed by atoms with Crippen LogP contribution in [-0.2, 0) is 9.59 Å². The van der Waals surface area contributed by atoms with Gasteiger partial charge in [0.25, 0.3) is 0 Å². The molecule has 1 rings (SSSR count). The maximum absolute atomic E-state index is 12.2. The average Bonchev–Trinajstić information content (AvgIpc) is 2.24. The van der Waals surface area contributed by atoms with Crippen molar-refractivity contribution in [1.29, 1.82) is 0 Å². The van der Waals surface area contributed by atoms with E-state index in [1.807, 2.05) is 11.8 Å². The van der Waals surface area contributed by atoms with Gasteiger partial charge in [-0.3, -0.25) is 9.59 Å². The lowest BCUT2D eigenvalue weighted by atomic mass is 10.1. The number of hydrogen-bond donors (Lipinski definition) is 2. The fourth-order valence-corrected chi connectivity index (χ4v) is 3.07. The Hall–Kier alpha value is -0.360. The van der Waals surface area contributed by atoms with Crippen molar-refractivity contribution in [3.05, 3.63) is 0 Å². The predicted molar refractivity (Wildman–Crippen MR) is 72.8 cm³/mol. The van der Waals surface area contributed by atoms with E-state index in [9.17, 15) is 9.59 Å². The van der Waals surface area contributed by atoms with Crippen LogP contribution in [0.3, 0.4) is 0 Å². The molecule has 0 saturated carbocycles. The van der Waals surface area contributed by atoms with E-state index in [0.29, 0.717) is 0 Å². The smallest absolute Gasteiger partial charge is 0.323 e. The van der Waals surface area contributed by atoms with Crippen LogP contribution in [0.4, 0.5) is 0 Å². The first-order valence-electron chi connectivity index (χ1n) is 5.65. The molecule has 0 aromatic carbocycles. The van der Waals surface area contributed by atoms with Crippen LogP contribution in [0.15, 0.2) is 0 Å². The van der Waals surface area contributed by atoms with E-state index >= 15 is 0 Å². The van der Waals surface area contributed by atoms with E-state index in [-0.39, 0.29) is 18.5 Å². The molecule has 1 N–H and O–H groups in total. The molecule has 1 aliphatic rings. The van der Waals surface area contributed by atoms with Crippen molar-refractivity contribution in [3.63, 3.8) is 0 Å². The number of carbonyl (C=O) groups is 2. The van der Waals surface area contributed by atoms with Gasteiger partial charge in [0.15, 0.2) is 0 Å². The normalized spacial score (nSPS) is 17.8. The van der Waals surface area contributed by atoms with E-state index in [1.165, 1.54) is 4.90 Å². The van der Waals surface area contributed by atoms with Crippen LogP contribution in [0.1, 0.15) is 26.7 Å². The summed E-state index contributed by atoms with van der Waals surface area (Å²) < 4.78 is -0.819. The summed E-state index contributed by atoms with van der Waals surface area (Å²) in [6.07, 6.45) is 1.74. The number of aliphatic carboxylic acids is 1. The van der Waals surface area contributed by atoms with Crippen LogP contribution in [-0.4, -0.2) is 50.7 Å². The molecule has 1 heterocycles. The summed E-state index contributed by atoms with van der Waals surface area (Å²) in [4.78, 5) is 24.5. The van der Waals surface area contributed by atoms with Gasteiger partial charge in [-0.2, -0.15) is 24.4 Å². The molecule has 4 nitrogen and oxygen atoms in total. The third-order valence-corrected chi connectivity index (χ3v) is 3.96. The summed E-state index contributed by atoms with van der Waals surface area (Å²) in [5.74, 6) is 0.816. The largest absolute Gasteiger partial charge is 0.480 e. The second kappa shape index (κ2) is 6.00. The first-order chi connectivity index (χ1) is 7.82. The van der Waals surface area contributed by atoms with Gasteiger partial charge in [0, 0.05) is 6.04 Å². The van der Waals surface area contributed by atoms with E-state index < -0.39 is 10.7 Å². The van der Waals surface area contributed by atoms with Crippen LogP contribution in [0.25, 0.3) is 0 Å². The monoisotopic (exact) mass is 277 g/mol. The van der Waals surface area contributed by atoms with E-state index in [0.717, 1.165) is 24.3 Å². The predicted octanol–water partition coefficient (Wildman–Crippen LogP) is 1.50. The van der Waals surface area contributed by atoms with Crippen LogP contribution < -0.4 is 0 Å². The number of thioether (sulfide) groups is 1. The standard InChI is InChI=1S/C11H19NO3S2/c1-11(2,16)10(15)12(7-9(13)14)8-3-5-17-6-4-8/h8,16H,3-7H2,1-2H3,(H,13,14). The summed E-state index contributed by atoms with van der Waals surface area (Å²) in [5, 5.41) is 8.91. The Kier molecular flexibility index (Phi) is 5.19. The zero-order valence-corrected chi connectivity index (χ0v) is 11.9. The molecule has 6 heteroatoms. The van der Waals surface area contributed by atoms with Gasteiger partial charge < -0.3 is 10.0 Å². The molecule has 1 fully saturated rings. The molecular weight excluding hydrogens is 258 g/mol. The van der Waals surface area contributed by atoms with Gasteiger partial charge in [0.2, 0.25) is 5.91 Å². The van der Waals surface area contributed by atoms with Crippen LogP contribution >= 0.6 is 24.4 Å². The van der Waals surface area contributed by atoms with Crippen molar-refractivity contribution in [1.82, 2.24) is 4.90 Å². The second-order valence-corrected chi connectivity index (χ2v) is 7.07. The highest BCUT2D eigenvalue weighted by atomic mass is 32.2. The molecule has 0 spiro atoms. The molecule has 1 saturated heterocycles. The van der Waals surface area contributed by atoms with Gasteiger partial charge in [-0.1, -0.05) is 0 Å². The van der Waals surface area contributed by atoms with Crippen molar-refractivity contribution in [2.24, 2.45) is 0 Å². The minimum absolute atomic E-state index is 0.0475. The maximum atomic E-state index is 12.2. The molecule has 0 unspecified atom stereocenters. The zero-order valence-electron chi connectivity index (χ0n) is 10.2. The van der Waals surface area contributed by atoms with E-state index in [4.69, 9.17) is 5.11 Å². The highest BCUT2D eigenvalue weighted by Crippen LogP contribution is 2.25. The number of nitrogens with zero attached hydrogens (tertiary/aromatic N) is 1. The van der Waals surface area contributed by atoms with Crippen LogP contribution in [0, 0.1) is 0 Å². The minimum atomic E-state index is -0.964. The summed E-state index contributed by atoms with van der Waals surface area (Å²) in [6, 6.07) is 0.0475. The molecule has 98 valence electrons. The fourth-order valence-electron chi connectivity index (χ4n) is 1.86. The Morgan fingerprint density at radius 3 is 2.35 bits per heavy atom. The molecule has 0 aromatic rings. The van der Waals surface area contributed by atoms with E-state index in [1.54, 1.807) is 13.8 Å². The second-order valence-electron chi connectivity index (χ2n) is 4.73. The number of carbonyl (C=O) groups excluding carboxylic acids is 1. The minimum Gasteiger partial charge on any atom is -0.480 e. The average molecular weight is 277 g/mol. The highest BCUT2D eigenvalue weighted by molar-refractivity contribution is 7.99. The van der Waals surface area contributed by atoms with Crippen LogP contribution in [0.2, 0.25) is 0 Å². The molecule has 0 aromatic heterocycles. The van der Waals surface area contributed by atoms with Crippen molar-refractivity contribution in [3.8, 4) is 0 Å². The number of rotatable bonds is 4. The quantitative estimate of drug-likeness (QED) is 0.765. The Morgan fingerprint density at radius 1 is 1.41 bits per heavy atom. The Labute approximate surface area is 112 Å². The fraction of sp³-hybridized carbons (Fsp3) is 0.818. The van der Waals surface area contributed by atoms with Gasteiger partial charge in [0.1, 0.15) is 6.54 Å². The summed E-state index contributed by atoms with van der Waals surface area (Å²) in [7, 11) is 0. The molecule has 1 aliphatic heterocycles. The van der Waals surface area contributed by atoms with Gasteiger partial charge >= 0.3 is 5.97 Å². The summed E-state index contributed by atoms with van der Waals surface area (Å²) in [6.45, 7) is 3.17. The maximum Gasteiger partial charge on any atom is 0.323 e. The number of carboxylic acids is 1. The Balaban J connectivity index is 2.78. The van der Waals surface area contributed by atoms with Gasteiger partial charge in [-0.05, 0) is 38.2 Å². The van der Waals surface area contributed by atoms with Crippen molar-refractivity contribution < 1.29 is 14.7 Å². The van der Waals surface area contributed by atoms with Gasteiger partial charge in [-0.15, -0.1) is 0 Å². The SMILES string of the molecule is CC(C)(S)C(=O)N(CC(=O)O)C1CCSCC1. The van der Waals surface area contributed by atoms with Crippen molar-refractivity contribution >= 4 is 36.3 Å². The Morgan fingerprint density at radius 2 is 1.94 bits per heavy atom. The zero-order chi connectivity index (χ0) is 13.1. The van der Waals surface area contributed by atoms with Crippen LogP contribution in [0.5, 0.6) is 0 Å². The molecule has 0 atom stereocenters. The number of amides is 1. The lowest BCUT2D eigenvalue weighted by Crippen LogP contribution is -2.50. The van der Waals surface area contributed by atoms with Crippen molar-refractivity contribution in [2.45, 2.75) is 37.5 Å². The lowest BCUT2D eigenvalue weighted by Gasteiger charge is -2.36. The molecule has 0 radical (unpaired) electrons. The lowest BCUT2D eigenvalue weighted by molar-refractivity contribution is -0.147. The first kappa shape index (κ1) is 14.7. The third-order valence-electron chi connectivity index (χ3n) is 2.72. The number of carboxylic acid groups (broad SMARTS) is 1. The summed E-state index contributed by atoms with van der Waals surface area (Å²) >= 11 is 6.09. The number of thiol groups is 1.